The van der Waals surface area contributed by atoms with Crippen LogP contribution >= 0.6 is 11.3 Å². The van der Waals surface area contributed by atoms with Gasteiger partial charge >= 0.3 is 0 Å². The van der Waals surface area contributed by atoms with Crippen molar-refractivity contribution in [2.75, 3.05) is 11.6 Å². The summed E-state index contributed by atoms with van der Waals surface area (Å²) in [5.41, 5.74) is 0.704. The van der Waals surface area contributed by atoms with Crippen molar-refractivity contribution in [1.82, 2.24) is 4.98 Å². The lowest BCUT2D eigenvalue weighted by Gasteiger charge is -2.11. The van der Waals surface area contributed by atoms with Crippen LogP contribution in [0.1, 0.15) is 23.3 Å². The number of nitrogens with zero attached hydrogens (tertiary/aromatic N) is 1. The van der Waals surface area contributed by atoms with E-state index in [9.17, 15) is 22.0 Å². The molecule has 1 fully saturated rings. The highest BCUT2D eigenvalue weighted by atomic mass is 32.2. The number of hydrogen-bond donors (Lipinski definition) is 1. The second-order valence-electron chi connectivity index (χ2n) is 6.87. The number of nitrogens with one attached hydrogen (secondary N) is 1. The number of benzene rings is 1. The molecule has 0 spiro atoms. The standard InChI is InChI=1S/C19H20F2N2O3S2/c1-11-10-22-19(27-11)23-18(24)15(7-12-8-16(20)17(21)9-12)13-3-5-14(6-4-13)28(2,25)26/h3-7,10,12,16-17H,8-9H2,1-2H3,(H,22,23,24)/b15-7+/t12-,16+,17-. The third-order valence-electron chi connectivity index (χ3n) is 4.53. The van der Waals surface area contributed by atoms with Crippen molar-refractivity contribution in [3.8, 4) is 0 Å². The van der Waals surface area contributed by atoms with E-state index in [0.29, 0.717) is 10.7 Å². The molecule has 0 unspecified atom stereocenters. The van der Waals surface area contributed by atoms with Crippen molar-refractivity contribution in [3.05, 3.63) is 47.0 Å². The van der Waals surface area contributed by atoms with Gasteiger partial charge in [-0.05, 0) is 43.4 Å². The first-order chi connectivity index (χ1) is 13.1. The van der Waals surface area contributed by atoms with E-state index in [1.165, 1.54) is 35.6 Å². The quantitative estimate of drug-likeness (QED) is 0.734. The number of rotatable bonds is 5. The molecule has 1 amide bonds. The van der Waals surface area contributed by atoms with Crippen LogP contribution in [0.25, 0.3) is 5.57 Å². The SMILES string of the molecule is Cc1cnc(NC(=O)/C(=C/[C@H]2C[C@@H](F)[C@@H](F)C2)c2ccc(S(C)(=O)=O)cc2)s1. The van der Waals surface area contributed by atoms with Crippen LogP contribution in [0.15, 0.2) is 41.4 Å². The highest BCUT2D eigenvalue weighted by Gasteiger charge is 2.34. The molecule has 0 aliphatic heterocycles. The number of aryl methyl sites for hydroxylation is 1. The molecule has 0 radical (unpaired) electrons. The topological polar surface area (TPSA) is 76.1 Å². The fourth-order valence-corrected chi connectivity index (χ4v) is 4.39. The molecule has 1 aromatic heterocycles. The van der Waals surface area contributed by atoms with Crippen molar-refractivity contribution < 1.29 is 22.0 Å². The molecule has 1 heterocycles. The molecular weight excluding hydrogens is 406 g/mol. The highest BCUT2D eigenvalue weighted by Crippen LogP contribution is 2.34. The first kappa shape index (κ1) is 20.6. The van der Waals surface area contributed by atoms with Crippen molar-refractivity contribution in [3.63, 3.8) is 0 Å². The maximum atomic E-state index is 13.6. The summed E-state index contributed by atoms with van der Waals surface area (Å²) in [5, 5.41) is 3.11. The van der Waals surface area contributed by atoms with Crippen molar-refractivity contribution in [2.45, 2.75) is 37.0 Å². The zero-order valence-corrected chi connectivity index (χ0v) is 17.0. The lowest BCUT2D eigenvalue weighted by molar-refractivity contribution is -0.111. The fourth-order valence-electron chi connectivity index (χ4n) is 3.10. The number of hydrogen-bond acceptors (Lipinski definition) is 5. The third kappa shape index (κ3) is 4.82. The van der Waals surface area contributed by atoms with E-state index in [2.05, 4.69) is 10.3 Å². The van der Waals surface area contributed by atoms with Gasteiger partial charge in [0, 0.05) is 22.9 Å². The Kier molecular flexibility index (Phi) is 5.95. The second-order valence-corrected chi connectivity index (χ2v) is 10.1. The molecule has 1 aliphatic rings. The van der Waals surface area contributed by atoms with E-state index in [4.69, 9.17) is 0 Å². The predicted molar refractivity (Wildman–Crippen MR) is 106 cm³/mol. The summed E-state index contributed by atoms with van der Waals surface area (Å²) < 4.78 is 50.5. The summed E-state index contributed by atoms with van der Waals surface area (Å²) in [5.74, 6) is -0.877. The zero-order valence-electron chi connectivity index (χ0n) is 15.4. The molecular formula is C19H20F2N2O3S2. The molecule has 28 heavy (non-hydrogen) atoms. The van der Waals surface area contributed by atoms with E-state index >= 15 is 0 Å². The van der Waals surface area contributed by atoms with Gasteiger partial charge in [-0.2, -0.15) is 0 Å². The number of alkyl halides is 2. The maximum Gasteiger partial charge on any atom is 0.257 e. The molecule has 9 heteroatoms. The van der Waals surface area contributed by atoms with E-state index in [1.807, 2.05) is 6.92 Å². The third-order valence-corrected chi connectivity index (χ3v) is 6.49. The molecule has 1 aromatic carbocycles. The molecule has 2 aromatic rings. The Labute approximate surface area is 166 Å². The van der Waals surface area contributed by atoms with Gasteiger partial charge < -0.3 is 0 Å². The average molecular weight is 427 g/mol. The molecule has 1 saturated carbocycles. The first-order valence-corrected chi connectivity index (χ1v) is 11.4. The number of amides is 1. The fraction of sp³-hybridized carbons (Fsp3) is 0.368. The second kappa shape index (κ2) is 8.08. The van der Waals surface area contributed by atoms with Gasteiger partial charge in [-0.25, -0.2) is 22.2 Å². The van der Waals surface area contributed by atoms with Crippen LogP contribution in [0.3, 0.4) is 0 Å². The Morgan fingerprint density at radius 2 is 1.82 bits per heavy atom. The van der Waals surface area contributed by atoms with Crippen LogP contribution in [-0.4, -0.2) is 37.9 Å². The number of anilines is 1. The van der Waals surface area contributed by atoms with Crippen LogP contribution in [0.2, 0.25) is 0 Å². The van der Waals surface area contributed by atoms with Gasteiger partial charge in [0.2, 0.25) is 0 Å². The monoisotopic (exact) mass is 426 g/mol. The van der Waals surface area contributed by atoms with Gasteiger partial charge in [-0.15, -0.1) is 11.3 Å². The van der Waals surface area contributed by atoms with Crippen molar-refractivity contribution >= 4 is 37.8 Å². The Balaban J connectivity index is 1.93. The van der Waals surface area contributed by atoms with Crippen LogP contribution in [0.4, 0.5) is 13.9 Å². The van der Waals surface area contributed by atoms with Gasteiger partial charge in [0.1, 0.15) is 12.3 Å². The largest absolute Gasteiger partial charge is 0.298 e. The zero-order chi connectivity index (χ0) is 20.5. The number of halogens is 2. The average Bonchev–Trinajstić information content (AvgIpc) is 3.17. The van der Waals surface area contributed by atoms with E-state index < -0.39 is 34.0 Å². The summed E-state index contributed by atoms with van der Waals surface area (Å²) in [6.07, 6.45) is 1.23. The van der Waals surface area contributed by atoms with E-state index in [-0.39, 0.29) is 23.3 Å². The predicted octanol–water partition coefficient (Wildman–Crippen LogP) is 3.96. The number of aromatic nitrogens is 1. The van der Waals surface area contributed by atoms with E-state index in [0.717, 1.165) is 11.1 Å². The molecule has 0 saturated heterocycles. The number of sulfone groups is 1. The molecule has 0 bridgehead atoms. The lowest BCUT2D eigenvalue weighted by Crippen LogP contribution is -2.14. The Hall–Kier alpha value is -2.13. The van der Waals surface area contributed by atoms with Gasteiger partial charge in [0.25, 0.3) is 5.91 Å². The Morgan fingerprint density at radius 3 is 2.32 bits per heavy atom. The minimum absolute atomic E-state index is 0.00965. The minimum Gasteiger partial charge on any atom is -0.298 e. The summed E-state index contributed by atoms with van der Waals surface area (Å²) in [7, 11) is -3.38. The van der Waals surface area contributed by atoms with Gasteiger partial charge in [-0.1, -0.05) is 18.2 Å². The van der Waals surface area contributed by atoms with Gasteiger partial charge in [-0.3, -0.25) is 10.1 Å². The smallest absolute Gasteiger partial charge is 0.257 e. The van der Waals surface area contributed by atoms with Crippen LogP contribution in [0.5, 0.6) is 0 Å². The summed E-state index contributed by atoms with van der Waals surface area (Å²) >= 11 is 1.31. The maximum absolute atomic E-state index is 13.6. The Morgan fingerprint density at radius 1 is 1.21 bits per heavy atom. The molecule has 5 nitrogen and oxygen atoms in total. The van der Waals surface area contributed by atoms with Crippen LogP contribution < -0.4 is 5.32 Å². The van der Waals surface area contributed by atoms with Crippen molar-refractivity contribution in [2.24, 2.45) is 5.92 Å². The van der Waals surface area contributed by atoms with E-state index in [1.54, 1.807) is 12.3 Å². The molecule has 3 atom stereocenters. The van der Waals surface area contributed by atoms with Gasteiger partial charge in [0.05, 0.1) is 4.90 Å². The number of allylic oxidation sites excluding steroid dienone is 1. The number of carbonyl (C=O) groups is 1. The summed E-state index contributed by atoms with van der Waals surface area (Å²) in [4.78, 5) is 18.0. The lowest BCUT2D eigenvalue weighted by atomic mass is 9.98. The van der Waals surface area contributed by atoms with Gasteiger partial charge in [0.15, 0.2) is 15.0 Å². The molecule has 1 aliphatic carbocycles. The minimum atomic E-state index is -3.38. The van der Waals surface area contributed by atoms with Crippen molar-refractivity contribution in [1.29, 1.82) is 0 Å². The molecule has 3 rings (SSSR count). The number of carbonyl (C=O) groups excluding carboxylic acids is 1. The normalized spacial score (nSPS) is 23.0. The summed E-state index contributed by atoms with van der Waals surface area (Å²) in [6, 6.07) is 5.85. The van der Waals surface area contributed by atoms with Crippen LogP contribution in [0, 0.1) is 12.8 Å². The number of thiazole rings is 1. The van der Waals surface area contributed by atoms with Crippen LogP contribution in [-0.2, 0) is 14.6 Å². The summed E-state index contributed by atoms with van der Waals surface area (Å²) in [6.45, 7) is 1.86. The highest BCUT2D eigenvalue weighted by molar-refractivity contribution is 7.90. The Bertz CT molecular complexity index is 990. The first-order valence-electron chi connectivity index (χ1n) is 8.67. The molecule has 1 N–H and O–H groups in total. The molecule has 150 valence electrons.